The van der Waals surface area contributed by atoms with E-state index >= 15 is 0 Å². The average Bonchev–Trinajstić information content (AvgIpc) is 1.89. The molecule has 0 saturated carbocycles. The smallest absolute Gasteiger partial charge is 0.253 e. The largest absolute Gasteiger partial charge is 0.396 e. The van der Waals surface area contributed by atoms with Gasteiger partial charge in [-0.1, -0.05) is 20.3 Å². The number of halogens is 2. The first-order valence-electron chi connectivity index (χ1n) is 4.07. The molecule has 0 radical (unpaired) electrons. The molecule has 68 valence electrons. The Balaban J connectivity index is 4.00. The van der Waals surface area contributed by atoms with Crippen molar-refractivity contribution in [3.63, 3.8) is 0 Å². The van der Waals surface area contributed by atoms with Gasteiger partial charge in [0, 0.05) is 12.3 Å². The van der Waals surface area contributed by atoms with Crippen LogP contribution in [0.3, 0.4) is 0 Å². The van der Waals surface area contributed by atoms with Gasteiger partial charge in [-0.05, 0) is 6.42 Å². The molecule has 0 aliphatic heterocycles. The number of hydrogen-bond acceptors (Lipinski definition) is 1. The molecule has 0 aromatic rings. The van der Waals surface area contributed by atoms with E-state index < -0.39 is 18.4 Å². The molecule has 0 saturated heterocycles. The van der Waals surface area contributed by atoms with Gasteiger partial charge in [-0.2, -0.15) is 0 Å². The molecular weight excluding hydrogens is 150 g/mol. The molecule has 1 nitrogen and oxygen atoms in total. The summed E-state index contributed by atoms with van der Waals surface area (Å²) in [5.41, 5.74) is 0. The van der Waals surface area contributed by atoms with Crippen LogP contribution in [0.5, 0.6) is 0 Å². The summed E-state index contributed by atoms with van der Waals surface area (Å²) in [5.74, 6) is -3.54. The van der Waals surface area contributed by atoms with E-state index in [0.29, 0.717) is 12.8 Å². The Hall–Kier alpha value is -0.180. The van der Waals surface area contributed by atoms with Gasteiger partial charge in [0.15, 0.2) is 0 Å². The number of aliphatic hydroxyl groups excluding tert-OH is 1. The van der Waals surface area contributed by atoms with E-state index in [1.165, 1.54) is 0 Å². The first-order valence-corrected chi connectivity index (χ1v) is 4.07. The van der Waals surface area contributed by atoms with Crippen molar-refractivity contribution in [1.82, 2.24) is 0 Å². The van der Waals surface area contributed by atoms with Gasteiger partial charge in [-0.15, -0.1) is 0 Å². The number of rotatable bonds is 5. The van der Waals surface area contributed by atoms with E-state index in [0.717, 1.165) is 0 Å². The standard InChI is InChI=1S/C8H16F2O/c1-3-5-8(9,10)7(4-2)6-11/h7,11H,3-6H2,1-2H3. The topological polar surface area (TPSA) is 20.2 Å². The maximum Gasteiger partial charge on any atom is 0.253 e. The zero-order chi connectivity index (χ0) is 8.91. The van der Waals surface area contributed by atoms with Crippen LogP contribution >= 0.6 is 0 Å². The first-order chi connectivity index (χ1) is 5.08. The Morgan fingerprint density at radius 3 is 2.18 bits per heavy atom. The van der Waals surface area contributed by atoms with Crippen molar-refractivity contribution in [2.75, 3.05) is 6.61 Å². The van der Waals surface area contributed by atoms with Gasteiger partial charge in [0.25, 0.3) is 5.92 Å². The molecule has 0 aliphatic rings. The third-order valence-electron chi connectivity index (χ3n) is 1.89. The third kappa shape index (κ3) is 3.14. The van der Waals surface area contributed by atoms with Crippen LogP contribution in [0.1, 0.15) is 33.1 Å². The second kappa shape index (κ2) is 4.65. The molecule has 1 unspecified atom stereocenters. The Kier molecular flexibility index (Phi) is 4.57. The van der Waals surface area contributed by atoms with Crippen LogP contribution in [-0.4, -0.2) is 17.6 Å². The lowest BCUT2D eigenvalue weighted by Gasteiger charge is -2.23. The fraction of sp³-hybridized carbons (Fsp3) is 1.00. The molecule has 0 spiro atoms. The predicted molar refractivity (Wildman–Crippen MR) is 40.7 cm³/mol. The zero-order valence-corrected chi connectivity index (χ0v) is 7.11. The molecule has 1 N–H and O–H groups in total. The minimum atomic E-state index is -2.68. The van der Waals surface area contributed by atoms with Gasteiger partial charge < -0.3 is 5.11 Å². The predicted octanol–water partition coefficient (Wildman–Crippen LogP) is 2.44. The summed E-state index contributed by atoms with van der Waals surface area (Å²) in [6.45, 7) is 2.98. The summed E-state index contributed by atoms with van der Waals surface area (Å²) >= 11 is 0. The molecule has 0 aliphatic carbocycles. The van der Waals surface area contributed by atoms with Crippen molar-refractivity contribution < 1.29 is 13.9 Å². The molecule has 0 rings (SSSR count). The highest BCUT2D eigenvalue weighted by Crippen LogP contribution is 2.31. The van der Waals surface area contributed by atoms with Gasteiger partial charge in [-0.3, -0.25) is 0 Å². The van der Waals surface area contributed by atoms with E-state index in [1.54, 1.807) is 13.8 Å². The normalized spacial score (nSPS) is 15.0. The lowest BCUT2D eigenvalue weighted by molar-refractivity contribution is -0.0836. The van der Waals surface area contributed by atoms with Crippen molar-refractivity contribution in [2.24, 2.45) is 5.92 Å². The van der Waals surface area contributed by atoms with E-state index in [9.17, 15) is 8.78 Å². The van der Waals surface area contributed by atoms with Crippen molar-refractivity contribution in [3.05, 3.63) is 0 Å². The van der Waals surface area contributed by atoms with Crippen LogP contribution < -0.4 is 0 Å². The number of hydrogen-bond donors (Lipinski definition) is 1. The van der Waals surface area contributed by atoms with Crippen molar-refractivity contribution in [1.29, 1.82) is 0 Å². The summed E-state index contributed by atoms with van der Waals surface area (Å²) in [5, 5.41) is 8.61. The monoisotopic (exact) mass is 166 g/mol. The minimum absolute atomic E-state index is 0.119. The van der Waals surface area contributed by atoms with Gasteiger partial charge in [-0.25, -0.2) is 8.78 Å². The zero-order valence-electron chi connectivity index (χ0n) is 7.11. The second-order valence-corrected chi connectivity index (χ2v) is 2.80. The fourth-order valence-electron chi connectivity index (χ4n) is 1.10. The quantitative estimate of drug-likeness (QED) is 0.665. The minimum Gasteiger partial charge on any atom is -0.396 e. The van der Waals surface area contributed by atoms with E-state index in [2.05, 4.69) is 0 Å². The van der Waals surface area contributed by atoms with E-state index in [-0.39, 0.29) is 6.42 Å². The summed E-state index contributed by atoms with van der Waals surface area (Å²) in [7, 11) is 0. The summed E-state index contributed by atoms with van der Waals surface area (Å²) in [4.78, 5) is 0. The van der Waals surface area contributed by atoms with Gasteiger partial charge in [0.2, 0.25) is 0 Å². The van der Waals surface area contributed by atoms with Gasteiger partial charge in [0.05, 0.1) is 6.61 Å². The van der Waals surface area contributed by atoms with Crippen LogP contribution in [0.4, 0.5) is 8.78 Å². The highest BCUT2D eigenvalue weighted by Gasteiger charge is 2.36. The highest BCUT2D eigenvalue weighted by molar-refractivity contribution is 4.74. The molecule has 1 atom stereocenters. The van der Waals surface area contributed by atoms with Crippen LogP contribution in [0.25, 0.3) is 0 Å². The number of alkyl halides is 2. The molecule has 11 heavy (non-hydrogen) atoms. The average molecular weight is 166 g/mol. The maximum absolute atomic E-state index is 12.9. The van der Waals surface area contributed by atoms with Crippen molar-refractivity contribution >= 4 is 0 Å². The third-order valence-corrected chi connectivity index (χ3v) is 1.89. The molecular formula is C8H16F2O. The van der Waals surface area contributed by atoms with Crippen LogP contribution in [0, 0.1) is 5.92 Å². The van der Waals surface area contributed by atoms with Gasteiger partial charge >= 0.3 is 0 Å². The maximum atomic E-state index is 12.9. The Morgan fingerprint density at radius 1 is 1.36 bits per heavy atom. The lowest BCUT2D eigenvalue weighted by Crippen LogP contribution is -2.30. The van der Waals surface area contributed by atoms with E-state index in [1.807, 2.05) is 0 Å². The van der Waals surface area contributed by atoms with Crippen LogP contribution in [-0.2, 0) is 0 Å². The molecule has 0 fully saturated rings. The molecule has 0 amide bonds. The summed E-state index contributed by atoms with van der Waals surface area (Å²) in [6, 6.07) is 0. The van der Waals surface area contributed by atoms with Crippen molar-refractivity contribution in [2.45, 2.75) is 39.0 Å². The highest BCUT2D eigenvalue weighted by atomic mass is 19.3. The molecule has 0 bridgehead atoms. The Labute approximate surface area is 66.4 Å². The van der Waals surface area contributed by atoms with Crippen LogP contribution in [0.15, 0.2) is 0 Å². The summed E-state index contributed by atoms with van der Waals surface area (Å²) < 4.78 is 25.9. The van der Waals surface area contributed by atoms with Gasteiger partial charge in [0.1, 0.15) is 0 Å². The van der Waals surface area contributed by atoms with E-state index in [4.69, 9.17) is 5.11 Å². The second-order valence-electron chi connectivity index (χ2n) is 2.80. The molecule has 0 heterocycles. The lowest BCUT2D eigenvalue weighted by atomic mass is 9.96. The number of aliphatic hydroxyl groups is 1. The summed E-state index contributed by atoms with van der Waals surface area (Å²) in [6.07, 6.45) is 0.680. The Bertz CT molecular complexity index is 100. The SMILES string of the molecule is CCCC(F)(F)C(CC)CO. The van der Waals surface area contributed by atoms with Crippen LogP contribution in [0.2, 0.25) is 0 Å². The fourth-order valence-corrected chi connectivity index (χ4v) is 1.10. The first kappa shape index (κ1) is 10.8. The molecule has 0 aromatic heterocycles. The molecule has 3 heteroatoms. The van der Waals surface area contributed by atoms with Crippen molar-refractivity contribution in [3.8, 4) is 0 Å². The Morgan fingerprint density at radius 2 is 1.91 bits per heavy atom. The molecule has 0 aromatic carbocycles.